The molecule has 0 aliphatic carbocycles. The Morgan fingerprint density at radius 1 is 1.26 bits per heavy atom. The predicted molar refractivity (Wildman–Crippen MR) is 107 cm³/mol. The summed E-state index contributed by atoms with van der Waals surface area (Å²) in [4.78, 5) is 18.1. The summed E-state index contributed by atoms with van der Waals surface area (Å²) in [6, 6.07) is 9.46. The van der Waals surface area contributed by atoms with Gasteiger partial charge in [0.1, 0.15) is 12.3 Å². The van der Waals surface area contributed by atoms with Crippen LogP contribution in [-0.4, -0.2) is 25.9 Å². The van der Waals surface area contributed by atoms with Crippen molar-refractivity contribution in [3.05, 3.63) is 70.7 Å². The summed E-state index contributed by atoms with van der Waals surface area (Å²) in [5.74, 6) is -3.09. The number of alkyl halides is 2. The van der Waals surface area contributed by atoms with Crippen LogP contribution in [0.25, 0.3) is 11.3 Å². The Bertz CT molecular complexity index is 1240. The lowest BCUT2D eigenvalue weighted by molar-refractivity contribution is -0.00641. The van der Waals surface area contributed by atoms with Crippen LogP contribution in [0.3, 0.4) is 0 Å². The first-order valence-corrected chi connectivity index (χ1v) is 9.49. The third-order valence-corrected chi connectivity index (χ3v) is 4.44. The largest absolute Gasteiger partial charge is 0.458 e. The molecule has 4 aromatic rings. The Morgan fingerprint density at radius 2 is 2.06 bits per heavy atom. The molecule has 0 fully saturated rings. The molecule has 0 bridgehead atoms. The maximum absolute atomic E-state index is 13.3. The van der Waals surface area contributed by atoms with Crippen molar-refractivity contribution < 1.29 is 22.4 Å². The average Bonchev–Trinajstić information content (AvgIpc) is 3.42. The Balaban J connectivity index is 1.49. The van der Waals surface area contributed by atoms with Crippen molar-refractivity contribution in [3.8, 4) is 11.3 Å². The van der Waals surface area contributed by atoms with Crippen molar-refractivity contribution in [2.24, 2.45) is 0 Å². The van der Waals surface area contributed by atoms with Gasteiger partial charge in [-0.2, -0.15) is 18.7 Å². The second-order valence-electron chi connectivity index (χ2n) is 6.79. The highest BCUT2D eigenvalue weighted by Gasteiger charge is 2.28. The molecule has 0 saturated heterocycles. The molecule has 0 saturated carbocycles. The Hall–Kier alpha value is -3.53. The number of benzene rings is 1. The lowest BCUT2D eigenvalue weighted by atomic mass is 10.1. The van der Waals surface area contributed by atoms with Crippen LogP contribution in [0, 0.1) is 6.92 Å². The minimum Gasteiger partial charge on any atom is -0.458 e. The minimum absolute atomic E-state index is 0.0167. The summed E-state index contributed by atoms with van der Waals surface area (Å²) < 4.78 is 37.3. The molecule has 1 N–H and O–H groups in total. The van der Waals surface area contributed by atoms with Gasteiger partial charge in [-0.15, -0.1) is 5.10 Å². The van der Waals surface area contributed by atoms with Crippen molar-refractivity contribution in [2.75, 3.05) is 5.32 Å². The second kappa shape index (κ2) is 7.95. The van der Waals surface area contributed by atoms with Crippen LogP contribution in [0.1, 0.15) is 34.8 Å². The number of aromatic nitrogens is 4. The number of rotatable bonds is 6. The van der Waals surface area contributed by atoms with Crippen LogP contribution in [0.2, 0.25) is 5.02 Å². The van der Waals surface area contributed by atoms with Crippen molar-refractivity contribution in [1.82, 2.24) is 20.0 Å². The van der Waals surface area contributed by atoms with E-state index < -0.39 is 17.6 Å². The molecule has 11 heteroatoms. The first-order valence-electron chi connectivity index (χ1n) is 9.11. The lowest BCUT2D eigenvalue weighted by Gasteiger charge is -2.05. The molecule has 0 spiro atoms. The quantitative estimate of drug-likeness (QED) is 0.451. The van der Waals surface area contributed by atoms with Gasteiger partial charge in [-0.1, -0.05) is 23.7 Å². The van der Waals surface area contributed by atoms with E-state index in [4.69, 9.17) is 20.4 Å². The molecule has 3 heterocycles. The Labute approximate surface area is 179 Å². The number of oxazole rings is 1. The van der Waals surface area contributed by atoms with E-state index in [0.717, 1.165) is 6.92 Å². The predicted octanol–water partition coefficient (Wildman–Crippen LogP) is 4.90. The van der Waals surface area contributed by atoms with Gasteiger partial charge in [0, 0.05) is 24.4 Å². The van der Waals surface area contributed by atoms with E-state index in [1.807, 2.05) is 0 Å². The third-order valence-electron chi connectivity index (χ3n) is 4.21. The number of carbonyl (C=O) groups excluding carboxylic acids is 1. The average molecular weight is 448 g/mol. The van der Waals surface area contributed by atoms with Crippen LogP contribution in [-0.2, 0) is 12.5 Å². The molecule has 3 aromatic heterocycles. The van der Waals surface area contributed by atoms with Crippen molar-refractivity contribution in [3.63, 3.8) is 0 Å². The van der Waals surface area contributed by atoms with Gasteiger partial charge in [0.15, 0.2) is 28.9 Å². The number of hydrogen-bond acceptors (Lipinski definition) is 6. The highest BCUT2D eigenvalue weighted by molar-refractivity contribution is 6.30. The molecule has 1 aromatic carbocycles. The monoisotopic (exact) mass is 447 g/mol. The molecular weight excluding hydrogens is 432 g/mol. The van der Waals surface area contributed by atoms with E-state index in [9.17, 15) is 13.6 Å². The van der Waals surface area contributed by atoms with Gasteiger partial charge in [0.05, 0.1) is 6.20 Å². The fourth-order valence-electron chi connectivity index (χ4n) is 2.85. The fraction of sp³-hybridized carbons (Fsp3) is 0.200. The molecule has 31 heavy (non-hydrogen) atoms. The van der Waals surface area contributed by atoms with Gasteiger partial charge in [-0.05, 0) is 24.3 Å². The van der Waals surface area contributed by atoms with Gasteiger partial charge >= 0.3 is 5.92 Å². The number of nitrogens with zero attached hydrogens (tertiary/aromatic N) is 4. The number of amides is 1. The molecule has 4 rings (SSSR count). The summed E-state index contributed by atoms with van der Waals surface area (Å²) in [5.41, 5.74) is 0.665. The molecule has 0 aliphatic rings. The second-order valence-corrected chi connectivity index (χ2v) is 7.23. The van der Waals surface area contributed by atoms with Crippen molar-refractivity contribution >= 4 is 23.3 Å². The van der Waals surface area contributed by atoms with E-state index >= 15 is 0 Å². The van der Waals surface area contributed by atoms with Gasteiger partial charge in [0.25, 0.3) is 5.91 Å². The lowest BCUT2D eigenvalue weighted by Crippen LogP contribution is -2.14. The molecule has 0 aliphatic heterocycles. The van der Waals surface area contributed by atoms with E-state index in [1.54, 1.807) is 31.2 Å². The van der Waals surface area contributed by atoms with Gasteiger partial charge in [0.2, 0.25) is 0 Å². The summed E-state index contributed by atoms with van der Waals surface area (Å²) in [7, 11) is 0. The minimum atomic E-state index is -3.08. The molecule has 8 nitrogen and oxygen atoms in total. The zero-order valence-corrected chi connectivity index (χ0v) is 17.2. The van der Waals surface area contributed by atoms with E-state index in [-0.39, 0.29) is 29.6 Å². The first kappa shape index (κ1) is 20.7. The molecule has 160 valence electrons. The number of furan rings is 1. The molecule has 0 atom stereocenters. The van der Waals surface area contributed by atoms with E-state index in [0.29, 0.717) is 16.5 Å². The zero-order valence-electron chi connectivity index (χ0n) is 16.4. The molecule has 0 unspecified atom stereocenters. The van der Waals surface area contributed by atoms with Crippen LogP contribution >= 0.6 is 11.6 Å². The fourth-order valence-corrected chi connectivity index (χ4v) is 3.04. The summed E-state index contributed by atoms with van der Waals surface area (Å²) in [6.07, 6.45) is 1.32. The summed E-state index contributed by atoms with van der Waals surface area (Å²) in [5, 5.41) is 11.2. The first-order chi connectivity index (χ1) is 14.7. The van der Waals surface area contributed by atoms with Gasteiger partial charge < -0.3 is 14.2 Å². The number of anilines is 1. The number of nitrogens with one attached hydrogen (secondary N) is 1. The maximum Gasteiger partial charge on any atom is 0.301 e. The number of hydrogen-bond donors (Lipinski definition) is 1. The Kier molecular flexibility index (Phi) is 5.32. The molecule has 1 amide bonds. The smallest absolute Gasteiger partial charge is 0.301 e. The highest BCUT2D eigenvalue weighted by atomic mass is 35.5. The number of carbonyl (C=O) groups is 1. The van der Waals surface area contributed by atoms with E-state index in [2.05, 4.69) is 20.5 Å². The normalized spacial score (nSPS) is 11.6. The van der Waals surface area contributed by atoms with Crippen LogP contribution < -0.4 is 5.32 Å². The van der Waals surface area contributed by atoms with Gasteiger partial charge in [-0.25, -0.2) is 4.98 Å². The topological polar surface area (TPSA) is 99.0 Å². The Morgan fingerprint density at radius 3 is 2.77 bits per heavy atom. The van der Waals surface area contributed by atoms with Crippen LogP contribution in [0.4, 0.5) is 14.6 Å². The standard InChI is InChI=1S/C20H16ClF2N5O3/c1-11-25-17(18(30-11)12-4-3-5-13(21)8-12)19(29)26-16-9-24-28(27-16)10-14-6-7-15(31-14)20(2,22)23/h3-9H,10H2,1-2H3,(H,26,27,29). The third kappa shape index (κ3) is 4.64. The zero-order chi connectivity index (χ0) is 22.2. The summed E-state index contributed by atoms with van der Waals surface area (Å²) >= 11 is 6.03. The van der Waals surface area contributed by atoms with Crippen molar-refractivity contribution in [1.29, 1.82) is 0 Å². The number of aryl methyl sites for hydroxylation is 1. The number of halogens is 3. The van der Waals surface area contributed by atoms with Crippen molar-refractivity contribution in [2.45, 2.75) is 26.3 Å². The molecular formula is C20H16ClF2N5O3. The molecule has 0 radical (unpaired) electrons. The SMILES string of the molecule is Cc1nc(C(=O)Nc2cnn(Cc3ccc(C(C)(F)F)o3)n2)c(-c2cccc(Cl)c2)o1. The van der Waals surface area contributed by atoms with E-state index in [1.165, 1.54) is 23.1 Å². The summed E-state index contributed by atoms with van der Waals surface area (Å²) in [6.45, 7) is 2.39. The highest BCUT2D eigenvalue weighted by Crippen LogP contribution is 2.29. The maximum atomic E-state index is 13.3. The van der Waals surface area contributed by atoms with Crippen LogP contribution in [0.15, 0.2) is 51.4 Å². The van der Waals surface area contributed by atoms with Crippen LogP contribution in [0.5, 0.6) is 0 Å². The van der Waals surface area contributed by atoms with Gasteiger partial charge in [-0.3, -0.25) is 4.79 Å².